The summed E-state index contributed by atoms with van der Waals surface area (Å²) in [6, 6.07) is 23.8. The molecule has 0 N–H and O–H groups in total. The Labute approximate surface area is 207 Å². The molecule has 3 aromatic carbocycles. The van der Waals surface area contributed by atoms with E-state index < -0.39 is 5.97 Å². The molecule has 1 aromatic heterocycles. The molecular weight excluding hydrogens is 462 g/mol. The van der Waals surface area contributed by atoms with Crippen molar-refractivity contribution in [1.82, 2.24) is 14.5 Å². The first-order valence-corrected chi connectivity index (χ1v) is 12.2. The van der Waals surface area contributed by atoms with Crippen molar-refractivity contribution in [2.24, 2.45) is 0 Å². The Balaban J connectivity index is 1.72. The number of para-hydroxylation sites is 1. The lowest BCUT2D eigenvalue weighted by molar-refractivity contribution is -0.139. The van der Waals surface area contributed by atoms with Gasteiger partial charge in [0.05, 0.1) is 29.0 Å². The summed E-state index contributed by atoms with van der Waals surface area (Å²) in [5.41, 5.74) is 2.21. The number of rotatable bonds is 8. The van der Waals surface area contributed by atoms with Gasteiger partial charge in [-0.25, -0.2) is 4.98 Å². The smallest absolute Gasteiger partial charge is 0.316 e. The molecule has 0 unspecified atom stereocenters. The highest BCUT2D eigenvalue weighted by molar-refractivity contribution is 7.99. The third-order valence-corrected chi connectivity index (χ3v) is 6.25. The van der Waals surface area contributed by atoms with Crippen molar-refractivity contribution in [3.8, 4) is 5.69 Å². The van der Waals surface area contributed by atoms with Gasteiger partial charge in [0.1, 0.15) is 0 Å². The van der Waals surface area contributed by atoms with Gasteiger partial charge in [-0.1, -0.05) is 60.3 Å². The van der Waals surface area contributed by atoms with E-state index in [4.69, 9.17) is 4.74 Å². The number of carbonyl (C=O) groups excluding carboxylic acids is 2. The van der Waals surface area contributed by atoms with Crippen LogP contribution in [0.3, 0.4) is 0 Å². The minimum absolute atomic E-state index is 0.0110. The Kier molecular flexibility index (Phi) is 7.62. The summed E-state index contributed by atoms with van der Waals surface area (Å²) >= 11 is 1.12. The lowest BCUT2D eigenvalue weighted by Gasteiger charge is -2.18. The van der Waals surface area contributed by atoms with Crippen LogP contribution in [0.5, 0.6) is 0 Å². The van der Waals surface area contributed by atoms with Gasteiger partial charge in [-0.15, -0.1) is 0 Å². The van der Waals surface area contributed by atoms with Crippen LogP contribution in [-0.4, -0.2) is 45.7 Å². The van der Waals surface area contributed by atoms with Gasteiger partial charge in [-0.05, 0) is 42.8 Å². The van der Waals surface area contributed by atoms with Crippen LogP contribution in [0.4, 0.5) is 0 Å². The highest BCUT2D eigenvalue weighted by Gasteiger charge is 2.18. The average molecular weight is 488 g/mol. The average Bonchev–Trinajstić information content (AvgIpc) is 2.88. The molecule has 0 aliphatic heterocycles. The predicted molar refractivity (Wildman–Crippen MR) is 137 cm³/mol. The van der Waals surface area contributed by atoms with Crippen LogP contribution in [0.15, 0.2) is 88.8 Å². The number of hydrogen-bond donors (Lipinski definition) is 0. The summed E-state index contributed by atoms with van der Waals surface area (Å²) in [7, 11) is 1.74. The Morgan fingerprint density at radius 3 is 2.37 bits per heavy atom. The third kappa shape index (κ3) is 5.60. The molecule has 7 nitrogen and oxygen atoms in total. The molecule has 8 heteroatoms. The zero-order valence-electron chi connectivity index (χ0n) is 19.5. The number of fused-ring (bicyclic) bond motifs is 1. The Morgan fingerprint density at radius 2 is 1.69 bits per heavy atom. The number of carbonyl (C=O) groups is 2. The number of aromatic nitrogens is 2. The second kappa shape index (κ2) is 11.0. The van der Waals surface area contributed by atoms with Crippen molar-refractivity contribution < 1.29 is 14.3 Å². The van der Waals surface area contributed by atoms with Crippen molar-refractivity contribution in [3.05, 3.63) is 100 Å². The van der Waals surface area contributed by atoms with Gasteiger partial charge in [0, 0.05) is 19.2 Å². The molecule has 0 aliphatic carbocycles. The van der Waals surface area contributed by atoms with Gasteiger partial charge in [-0.2, -0.15) is 0 Å². The monoisotopic (exact) mass is 487 g/mol. The molecule has 0 spiro atoms. The largest absolute Gasteiger partial charge is 0.465 e. The summed E-state index contributed by atoms with van der Waals surface area (Å²) in [6.07, 6.45) is 0. The third-order valence-electron chi connectivity index (χ3n) is 5.33. The molecule has 0 atom stereocenters. The SMILES string of the molecule is CCOC(=O)CSc1nc2cc(C(=O)N(C)Cc3ccccc3)ccc2c(=O)n1-c1ccccc1. The first-order chi connectivity index (χ1) is 17.0. The van der Waals surface area contributed by atoms with E-state index in [1.54, 1.807) is 49.2 Å². The highest BCUT2D eigenvalue weighted by Crippen LogP contribution is 2.22. The Bertz CT molecular complexity index is 1400. The van der Waals surface area contributed by atoms with Gasteiger partial charge in [0.25, 0.3) is 11.5 Å². The first-order valence-electron chi connectivity index (χ1n) is 11.2. The second-order valence-electron chi connectivity index (χ2n) is 7.84. The van der Waals surface area contributed by atoms with Crippen molar-refractivity contribution in [2.75, 3.05) is 19.4 Å². The normalized spacial score (nSPS) is 10.8. The van der Waals surface area contributed by atoms with E-state index >= 15 is 0 Å². The molecule has 0 saturated heterocycles. The number of esters is 1. The van der Waals surface area contributed by atoms with Crippen LogP contribution >= 0.6 is 11.8 Å². The first kappa shape index (κ1) is 24.2. The molecule has 0 fully saturated rings. The van der Waals surface area contributed by atoms with Crippen LogP contribution in [-0.2, 0) is 16.1 Å². The number of hydrogen-bond acceptors (Lipinski definition) is 6. The molecule has 0 aliphatic rings. The number of thioether (sulfide) groups is 1. The molecule has 1 amide bonds. The molecule has 35 heavy (non-hydrogen) atoms. The summed E-state index contributed by atoms with van der Waals surface area (Å²) in [5, 5.41) is 0.737. The van der Waals surface area contributed by atoms with E-state index in [1.807, 2.05) is 48.5 Å². The molecule has 178 valence electrons. The van der Waals surface area contributed by atoms with Gasteiger partial charge < -0.3 is 9.64 Å². The summed E-state index contributed by atoms with van der Waals surface area (Å²) in [4.78, 5) is 44.8. The molecular formula is C27H25N3O4S. The number of amides is 1. The van der Waals surface area contributed by atoms with Gasteiger partial charge in [0.2, 0.25) is 0 Å². The number of nitrogens with zero attached hydrogens (tertiary/aromatic N) is 3. The molecule has 0 saturated carbocycles. The Hall–Kier alpha value is -3.91. The van der Waals surface area contributed by atoms with E-state index in [1.165, 1.54) is 4.57 Å². The fourth-order valence-electron chi connectivity index (χ4n) is 3.68. The lowest BCUT2D eigenvalue weighted by atomic mass is 10.1. The predicted octanol–water partition coefficient (Wildman–Crippen LogP) is 4.31. The molecule has 0 radical (unpaired) electrons. The van der Waals surface area contributed by atoms with E-state index in [0.717, 1.165) is 17.3 Å². The molecule has 0 bridgehead atoms. The number of ether oxygens (including phenoxy) is 1. The molecule has 4 rings (SSSR count). The van der Waals surface area contributed by atoms with Gasteiger partial charge >= 0.3 is 5.97 Å². The standard InChI is InChI=1S/C27H25N3O4S/c1-3-34-24(31)18-35-27-28-23-16-20(25(32)29(2)17-19-10-6-4-7-11-19)14-15-22(23)26(33)30(27)21-12-8-5-9-13-21/h4-16H,3,17-18H2,1-2H3. The zero-order chi connectivity index (χ0) is 24.8. The van der Waals surface area contributed by atoms with E-state index in [-0.39, 0.29) is 23.8 Å². The van der Waals surface area contributed by atoms with Crippen LogP contribution < -0.4 is 5.56 Å². The van der Waals surface area contributed by atoms with Crippen molar-refractivity contribution in [1.29, 1.82) is 0 Å². The van der Waals surface area contributed by atoms with Crippen LogP contribution in [0, 0.1) is 0 Å². The maximum absolute atomic E-state index is 13.5. The fourth-order valence-corrected chi connectivity index (χ4v) is 4.49. The quantitative estimate of drug-likeness (QED) is 0.209. The summed E-state index contributed by atoms with van der Waals surface area (Å²) in [5.74, 6) is -0.555. The second-order valence-corrected chi connectivity index (χ2v) is 8.79. The molecule has 1 heterocycles. The van der Waals surface area contributed by atoms with E-state index in [9.17, 15) is 14.4 Å². The minimum atomic E-state index is -0.391. The lowest BCUT2D eigenvalue weighted by Crippen LogP contribution is -2.26. The fraction of sp³-hybridized carbons (Fsp3) is 0.185. The highest BCUT2D eigenvalue weighted by atomic mass is 32.2. The summed E-state index contributed by atoms with van der Waals surface area (Å²) < 4.78 is 6.51. The van der Waals surface area contributed by atoms with Crippen molar-refractivity contribution >= 4 is 34.5 Å². The van der Waals surface area contributed by atoms with Crippen molar-refractivity contribution in [2.45, 2.75) is 18.6 Å². The van der Waals surface area contributed by atoms with E-state index in [0.29, 0.717) is 33.9 Å². The van der Waals surface area contributed by atoms with Crippen LogP contribution in [0.25, 0.3) is 16.6 Å². The van der Waals surface area contributed by atoms with Gasteiger partial charge in [0.15, 0.2) is 5.16 Å². The van der Waals surface area contributed by atoms with Crippen LogP contribution in [0.2, 0.25) is 0 Å². The maximum atomic E-state index is 13.5. The maximum Gasteiger partial charge on any atom is 0.316 e. The summed E-state index contributed by atoms with van der Waals surface area (Å²) in [6.45, 7) is 2.48. The van der Waals surface area contributed by atoms with Crippen molar-refractivity contribution in [3.63, 3.8) is 0 Å². The molecule has 4 aromatic rings. The zero-order valence-corrected chi connectivity index (χ0v) is 20.3. The number of benzene rings is 3. The topological polar surface area (TPSA) is 81.5 Å². The minimum Gasteiger partial charge on any atom is -0.465 e. The van der Waals surface area contributed by atoms with Crippen LogP contribution in [0.1, 0.15) is 22.8 Å². The van der Waals surface area contributed by atoms with Gasteiger partial charge in [-0.3, -0.25) is 19.0 Å². The Morgan fingerprint density at radius 1 is 1.00 bits per heavy atom. The van der Waals surface area contributed by atoms with E-state index in [2.05, 4.69) is 4.98 Å².